The second kappa shape index (κ2) is 9.66. The van der Waals surface area contributed by atoms with Gasteiger partial charge in [-0.3, -0.25) is 14.4 Å². The highest BCUT2D eigenvalue weighted by molar-refractivity contribution is 6.33. The van der Waals surface area contributed by atoms with Crippen LogP contribution in [0, 0.1) is 0 Å². The monoisotopic (exact) mass is 404 g/mol. The zero-order valence-electron chi connectivity index (χ0n) is 14.9. The quantitative estimate of drug-likeness (QED) is 0.389. The van der Waals surface area contributed by atoms with Gasteiger partial charge in [-0.15, -0.1) is 0 Å². The van der Waals surface area contributed by atoms with Gasteiger partial charge in [-0.2, -0.15) is 0 Å². The molecule has 0 amide bonds. The molecular formula is C20H17ClO7. The van der Waals surface area contributed by atoms with Crippen molar-refractivity contribution in [1.29, 1.82) is 0 Å². The molecule has 0 aliphatic carbocycles. The predicted molar refractivity (Wildman–Crippen MR) is 99.6 cm³/mol. The molecule has 0 heterocycles. The summed E-state index contributed by atoms with van der Waals surface area (Å²) in [5.41, 5.74) is 0.971. The molecule has 0 radical (unpaired) electrons. The van der Waals surface area contributed by atoms with E-state index in [9.17, 15) is 19.2 Å². The Kier molecular flexibility index (Phi) is 7.28. The molecule has 2 aromatic carbocycles. The van der Waals surface area contributed by atoms with Crippen molar-refractivity contribution in [1.82, 2.24) is 0 Å². The number of hydrogen-bond acceptors (Lipinski definition) is 6. The van der Waals surface area contributed by atoms with Crippen molar-refractivity contribution in [3.8, 4) is 5.75 Å². The third-order valence-corrected chi connectivity index (χ3v) is 3.87. The van der Waals surface area contributed by atoms with Gasteiger partial charge in [-0.25, -0.2) is 4.79 Å². The van der Waals surface area contributed by atoms with Gasteiger partial charge in [-0.1, -0.05) is 11.6 Å². The Morgan fingerprint density at radius 2 is 1.50 bits per heavy atom. The van der Waals surface area contributed by atoms with Crippen LogP contribution in [0.15, 0.2) is 48.5 Å². The molecule has 2 aromatic rings. The fourth-order valence-corrected chi connectivity index (χ4v) is 2.35. The Labute approximate surface area is 165 Å². The molecule has 146 valence electrons. The lowest BCUT2D eigenvalue weighted by Gasteiger charge is -2.14. The molecule has 0 aliphatic rings. The standard InChI is InChI=1S/C20H17ClO7/c1-12(10-18(23)27-11-17(22)20(25)26)28-16-8-4-14(5-9-16)19(24)13-2-6-15(21)7-3-13/h2-9,12H,10-11H2,1H3,(H,25,26). The van der Waals surface area contributed by atoms with Crippen molar-refractivity contribution in [3.05, 3.63) is 64.7 Å². The van der Waals surface area contributed by atoms with E-state index < -0.39 is 30.4 Å². The number of benzene rings is 2. The maximum Gasteiger partial charge on any atom is 0.375 e. The van der Waals surface area contributed by atoms with Crippen LogP contribution < -0.4 is 4.74 Å². The van der Waals surface area contributed by atoms with Crippen molar-refractivity contribution in [2.24, 2.45) is 0 Å². The molecule has 0 saturated carbocycles. The fourth-order valence-electron chi connectivity index (χ4n) is 2.23. The lowest BCUT2D eigenvalue weighted by atomic mass is 10.0. The molecule has 1 atom stereocenters. The maximum atomic E-state index is 12.4. The van der Waals surface area contributed by atoms with E-state index in [2.05, 4.69) is 4.74 Å². The number of aliphatic carboxylic acids is 1. The highest BCUT2D eigenvalue weighted by Gasteiger charge is 2.17. The van der Waals surface area contributed by atoms with Crippen molar-refractivity contribution in [2.75, 3.05) is 6.61 Å². The van der Waals surface area contributed by atoms with Crippen LogP contribution in [-0.2, 0) is 19.1 Å². The van der Waals surface area contributed by atoms with Gasteiger partial charge in [0.25, 0.3) is 5.78 Å². The normalized spacial score (nSPS) is 11.4. The van der Waals surface area contributed by atoms with Gasteiger partial charge in [0, 0.05) is 16.1 Å². The molecule has 0 aliphatic heterocycles. The lowest BCUT2D eigenvalue weighted by molar-refractivity contribution is -0.156. The van der Waals surface area contributed by atoms with E-state index in [1.54, 1.807) is 55.5 Å². The van der Waals surface area contributed by atoms with Gasteiger partial charge < -0.3 is 14.6 Å². The summed E-state index contributed by atoms with van der Waals surface area (Å²) in [5.74, 6) is -3.35. The molecule has 8 heteroatoms. The molecule has 0 fully saturated rings. The highest BCUT2D eigenvalue weighted by Crippen LogP contribution is 2.18. The minimum atomic E-state index is -1.66. The molecule has 0 spiro atoms. The van der Waals surface area contributed by atoms with Crippen LogP contribution in [0.5, 0.6) is 5.75 Å². The lowest BCUT2D eigenvalue weighted by Crippen LogP contribution is -2.24. The zero-order valence-corrected chi connectivity index (χ0v) is 15.6. The molecule has 28 heavy (non-hydrogen) atoms. The number of ketones is 2. The van der Waals surface area contributed by atoms with Crippen molar-refractivity contribution < 1.29 is 33.8 Å². The third-order valence-electron chi connectivity index (χ3n) is 3.62. The molecule has 0 saturated heterocycles. The SMILES string of the molecule is CC(CC(=O)OCC(=O)C(=O)O)Oc1ccc(C(=O)c2ccc(Cl)cc2)cc1. The number of esters is 1. The van der Waals surface area contributed by atoms with Crippen LogP contribution in [-0.4, -0.2) is 41.3 Å². The van der Waals surface area contributed by atoms with Crippen LogP contribution in [0.1, 0.15) is 29.3 Å². The van der Waals surface area contributed by atoms with E-state index in [1.807, 2.05) is 0 Å². The maximum absolute atomic E-state index is 12.4. The summed E-state index contributed by atoms with van der Waals surface area (Å²) in [7, 11) is 0. The Bertz CT molecular complexity index is 872. The van der Waals surface area contributed by atoms with Gasteiger partial charge in [0.1, 0.15) is 11.9 Å². The smallest absolute Gasteiger partial charge is 0.375 e. The summed E-state index contributed by atoms with van der Waals surface area (Å²) >= 11 is 5.81. The summed E-state index contributed by atoms with van der Waals surface area (Å²) in [6.07, 6.45) is -0.747. The van der Waals surface area contributed by atoms with Crippen LogP contribution >= 0.6 is 11.6 Å². The second-order valence-corrected chi connectivity index (χ2v) is 6.32. The molecule has 7 nitrogen and oxygen atoms in total. The fraction of sp³-hybridized carbons (Fsp3) is 0.200. The Hall–Kier alpha value is -3.19. The number of halogens is 1. The second-order valence-electron chi connectivity index (χ2n) is 5.88. The number of rotatable bonds is 9. The summed E-state index contributed by atoms with van der Waals surface area (Å²) in [5, 5.41) is 8.96. The van der Waals surface area contributed by atoms with Crippen molar-refractivity contribution in [2.45, 2.75) is 19.4 Å². The first kappa shape index (κ1) is 21.1. The number of carbonyl (C=O) groups is 4. The molecule has 0 bridgehead atoms. The van der Waals surface area contributed by atoms with E-state index in [0.717, 1.165) is 0 Å². The summed E-state index contributed by atoms with van der Waals surface area (Å²) in [6.45, 7) is 0.801. The van der Waals surface area contributed by atoms with E-state index in [-0.39, 0.29) is 12.2 Å². The Morgan fingerprint density at radius 3 is 2.04 bits per heavy atom. The number of hydrogen-bond donors (Lipinski definition) is 1. The van der Waals surface area contributed by atoms with Crippen LogP contribution in [0.25, 0.3) is 0 Å². The van der Waals surface area contributed by atoms with E-state index >= 15 is 0 Å². The third kappa shape index (κ3) is 6.21. The zero-order chi connectivity index (χ0) is 20.7. The molecule has 1 unspecified atom stereocenters. The number of carbonyl (C=O) groups excluding carboxylic acids is 3. The van der Waals surface area contributed by atoms with Crippen molar-refractivity contribution >= 4 is 35.1 Å². The topological polar surface area (TPSA) is 107 Å². The predicted octanol–water partition coefficient (Wildman–Crippen LogP) is 2.93. The summed E-state index contributed by atoms with van der Waals surface area (Å²) in [4.78, 5) is 45.2. The first-order chi connectivity index (χ1) is 13.3. The number of carboxylic acid groups (broad SMARTS) is 1. The average molecular weight is 405 g/mol. The minimum absolute atomic E-state index is 0.164. The average Bonchev–Trinajstić information content (AvgIpc) is 2.66. The summed E-state index contributed by atoms with van der Waals surface area (Å²) < 4.78 is 10.1. The highest BCUT2D eigenvalue weighted by atomic mass is 35.5. The number of carboxylic acids is 1. The van der Waals surface area contributed by atoms with Crippen LogP contribution in [0.3, 0.4) is 0 Å². The van der Waals surface area contributed by atoms with Gasteiger partial charge in [0.2, 0.25) is 0 Å². The first-order valence-corrected chi connectivity index (χ1v) is 8.63. The molecular weight excluding hydrogens is 388 g/mol. The van der Waals surface area contributed by atoms with E-state index in [4.69, 9.17) is 21.4 Å². The molecule has 2 rings (SSSR count). The molecule has 0 aromatic heterocycles. The van der Waals surface area contributed by atoms with Crippen LogP contribution in [0.2, 0.25) is 5.02 Å². The largest absolute Gasteiger partial charge is 0.490 e. The van der Waals surface area contributed by atoms with Gasteiger partial charge in [-0.05, 0) is 55.5 Å². The van der Waals surface area contributed by atoms with E-state index in [0.29, 0.717) is 21.9 Å². The number of ether oxygens (including phenoxy) is 2. The number of Topliss-reactive ketones (excluding diaryl/α,β-unsaturated/α-hetero) is 1. The Balaban J connectivity index is 1.88. The van der Waals surface area contributed by atoms with Gasteiger partial charge in [0.05, 0.1) is 6.42 Å². The van der Waals surface area contributed by atoms with Crippen LogP contribution in [0.4, 0.5) is 0 Å². The first-order valence-electron chi connectivity index (χ1n) is 8.25. The van der Waals surface area contributed by atoms with E-state index in [1.165, 1.54) is 0 Å². The van der Waals surface area contributed by atoms with Gasteiger partial charge in [0.15, 0.2) is 12.4 Å². The Morgan fingerprint density at radius 1 is 0.964 bits per heavy atom. The van der Waals surface area contributed by atoms with Gasteiger partial charge >= 0.3 is 11.9 Å². The summed E-state index contributed by atoms with van der Waals surface area (Å²) in [6, 6.07) is 12.9. The molecule has 1 N–H and O–H groups in total. The van der Waals surface area contributed by atoms with Crippen molar-refractivity contribution in [3.63, 3.8) is 0 Å². The minimum Gasteiger partial charge on any atom is -0.490 e.